The Morgan fingerprint density at radius 2 is 1.85 bits per heavy atom. The molecular weight excluding hydrogens is 164 g/mol. The minimum atomic E-state index is 0.356. The standard InChI is InChI=1S/C11H14O2/c1-8-6-10(4-3-5-12)7-9(2)11(8)13/h5-7,13H,3-4H2,1-2H3. The molecule has 0 radical (unpaired) electrons. The molecule has 0 saturated heterocycles. The van der Waals surface area contributed by atoms with Gasteiger partial charge in [-0.25, -0.2) is 0 Å². The summed E-state index contributed by atoms with van der Waals surface area (Å²) in [5.41, 5.74) is 2.86. The Bertz CT molecular complexity index is 293. The van der Waals surface area contributed by atoms with Crippen LogP contribution in [0.15, 0.2) is 12.1 Å². The fraction of sp³-hybridized carbons (Fsp3) is 0.364. The van der Waals surface area contributed by atoms with Gasteiger partial charge in [-0.1, -0.05) is 12.1 Å². The second-order valence-electron chi connectivity index (χ2n) is 3.28. The van der Waals surface area contributed by atoms with Gasteiger partial charge in [0.1, 0.15) is 12.0 Å². The quantitative estimate of drug-likeness (QED) is 0.720. The third kappa shape index (κ3) is 2.31. The summed E-state index contributed by atoms with van der Waals surface area (Å²) in [4.78, 5) is 10.2. The molecule has 0 amide bonds. The van der Waals surface area contributed by atoms with Crippen molar-refractivity contribution in [2.45, 2.75) is 26.7 Å². The minimum absolute atomic E-state index is 0.356. The largest absolute Gasteiger partial charge is 0.507 e. The second-order valence-corrected chi connectivity index (χ2v) is 3.28. The van der Waals surface area contributed by atoms with Gasteiger partial charge in [0.2, 0.25) is 0 Å². The van der Waals surface area contributed by atoms with E-state index >= 15 is 0 Å². The number of carbonyl (C=O) groups excluding carboxylic acids is 1. The van der Waals surface area contributed by atoms with Gasteiger partial charge in [-0.3, -0.25) is 0 Å². The maximum absolute atomic E-state index is 10.2. The third-order valence-corrected chi connectivity index (χ3v) is 2.10. The predicted octanol–water partition coefficient (Wildman–Crippen LogP) is 2.14. The van der Waals surface area contributed by atoms with Crippen LogP contribution in [0.1, 0.15) is 23.1 Å². The van der Waals surface area contributed by atoms with E-state index in [1.54, 1.807) is 0 Å². The summed E-state index contributed by atoms with van der Waals surface area (Å²) in [6.45, 7) is 3.74. The Morgan fingerprint density at radius 1 is 1.31 bits per heavy atom. The molecule has 13 heavy (non-hydrogen) atoms. The molecule has 0 aliphatic heterocycles. The molecule has 0 unspecified atom stereocenters. The van der Waals surface area contributed by atoms with Crippen LogP contribution in [-0.2, 0) is 11.2 Å². The number of rotatable bonds is 3. The SMILES string of the molecule is Cc1cc(CCC=O)cc(C)c1O. The zero-order chi connectivity index (χ0) is 9.84. The highest BCUT2D eigenvalue weighted by molar-refractivity contribution is 5.51. The van der Waals surface area contributed by atoms with E-state index in [0.717, 1.165) is 29.4 Å². The van der Waals surface area contributed by atoms with Crippen molar-refractivity contribution in [3.63, 3.8) is 0 Å². The number of benzene rings is 1. The number of phenolic OH excluding ortho intramolecular Hbond substituents is 1. The fourth-order valence-corrected chi connectivity index (χ4v) is 1.42. The molecule has 0 heterocycles. The first kappa shape index (κ1) is 9.78. The smallest absolute Gasteiger partial charge is 0.121 e. The summed E-state index contributed by atoms with van der Waals surface area (Å²) in [6.07, 6.45) is 2.21. The second kappa shape index (κ2) is 4.08. The summed E-state index contributed by atoms with van der Waals surface area (Å²) in [6, 6.07) is 3.84. The van der Waals surface area contributed by atoms with E-state index in [9.17, 15) is 9.90 Å². The predicted molar refractivity (Wildman–Crippen MR) is 52.0 cm³/mol. The lowest BCUT2D eigenvalue weighted by Gasteiger charge is -2.06. The Labute approximate surface area is 78.2 Å². The average molecular weight is 178 g/mol. The van der Waals surface area contributed by atoms with Crippen molar-refractivity contribution in [2.24, 2.45) is 0 Å². The van der Waals surface area contributed by atoms with Crippen LogP contribution in [0.3, 0.4) is 0 Å². The average Bonchev–Trinajstić information content (AvgIpc) is 2.10. The first-order chi connectivity index (χ1) is 6.15. The normalized spacial score (nSPS) is 10.0. The van der Waals surface area contributed by atoms with Crippen LogP contribution >= 0.6 is 0 Å². The molecular formula is C11H14O2. The van der Waals surface area contributed by atoms with Gasteiger partial charge in [-0.05, 0) is 37.0 Å². The van der Waals surface area contributed by atoms with Crippen molar-refractivity contribution in [3.8, 4) is 5.75 Å². The van der Waals surface area contributed by atoms with E-state index in [1.807, 2.05) is 26.0 Å². The first-order valence-corrected chi connectivity index (χ1v) is 4.38. The van der Waals surface area contributed by atoms with Crippen molar-refractivity contribution in [1.29, 1.82) is 0 Å². The van der Waals surface area contributed by atoms with Crippen LogP contribution in [0.4, 0.5) is 0 Å². The third-order valence-electron chi connectivity index (χ3n) is 2.10. The molecule has 1 rings (SSSR count). The van der Waals surface area contributed by atoms with Crippen molar-refractivity contribution in [1.82, 2.24) is 0 Å². The number of aromatic hydroxyl groups is 1. The van der Waals surface area contributed by atoms with Gasteiger partial charge in [0.25, 0.3) is 0 Å². The molecule has 0 atom stereocenters. The highest BCUT2D eigenvalue weighted by Gasteiger charge is 2.02. The van der Waals surface area contributed by atoms with Crippen LogP contribution < -0.4 is 0 Å². The van der Waals surface area contributed by atoms with E-state index < -0.39 is 0 Å². The molecule has 2 nitrogen and oxygen atoms in total. The van der Waals surface area contributed by atoms with Gasteiger partial charge in [0.15, 0.2) is 0 Å². The molecule has 0 aromatic heterocycles. The van der Waals surface area contributed by atoms with Crippen LogP contribution in [0.25, 0.3) is 0 Å². The molecule has 0 fully saturated rings. The van der Waals surface area contributed by atoms with E-state index in [0.29, 0.717) is 12.2 Å². The van der Waals surface area contributed by atoms with Crippen molar-refractivity contribution >= 4 is 6.29 Å². The maximum Gasteiger partial charge on any atom is 0.121 e. The number of aldehydes is 1. The topological polar surface area (TPSA) is 37.3 Å². The molecule has 70 valence electrons. The molecule has 2 heteroatoms. The monoisotopic (exact) mass is 178 g/mol. The number of aryl methyl sites for hydroxylation is 3. The van der Waals surface area contributed by atoms with Gasteiger partial charge < -0.3 is 9.90 Å². The molecule has 0 spiro atoms. The first-order valence-electron chi connectivity index (χ1n) is 4.38. The van der Waals surface area contributed by atoms with Gasteiger partial charge in [-0.15, -0.1) is 0 Å². The highest BCUT2D eigenvalue weighted by atomic mass is 16.3. The molecule has 1 N–H and O–H groups in total. The molecule has 0 aliphatic rings. The van der Waals surface area contributed by atoms with Crippen molar-refractivity contribution in [3.05, 3.63) is 28.8 Å². The lowest BCUT2D eigenvalue weighted by atomic mass is 10.0. The van der Waals surface area contributed by atoms with Crippen molar-refractivity contribution in [2.75, 3.05) is 0 Å². The molecule has 1 aromatic carbocycles. The summed E-state index contributed by atoms with van der Waals surface area (Å²) in [5, 5.41) is 9.49. The summed E-state index contributed by atoms with van der Waals surface area (Å²) in [5.74, 6) is 0.356. The zero-order valence-electron chi connectivity index (χ0n) is 8.00. The lowest BCUT2D eigenvalue weighted by molar-refractivity contribution is -0.107. The number of phenols is 1. The Kier molecular flexibility index (Phi) is 3.07. The summed E-state index contributed by atoms with van der Waals surface area (Å²) < 4.78 is 0. The molecule has 0 saturated carbocycles. The van der Waals surface area contributed by atoms with Crippen molar-refractivity contribution < 1.29 is 9.90 Å². The van der Waals surface area contributed by atoms with Crippen LogP contribution in [0.5, 0.6) is 5.75 Å². The van der Waals surface area contributed by atoms with E-state index in [2.05, 4.69) is 0 Å². The van der Waals surface area contributed by atoms with Crippen LogP contribution in [0.2, 0.25) is 0 Å². The molecule has 0 aliphatic carbocycles. The summed E-state index contributed by atoms with van der Waals surface area (Å²) >= 11 is 0. The van der Waals surface area contributed by atoms with Gasteiger partial charge in [0.05, 0.1) is 0 Å². The van der Waals surface area contributed by atoms with Gasteiger partial charge in [-0.2, -0.15) is 0 Å². The highest BCUT2D eigenvalue weighted by Crippen LogP contribution is 2.23. The lowest BCUT2D eigenvalue weighted by Crippen LogP contribution is -1.90. The maximum atomic E-state index is 10.2. The van der Waals surface area contributed by atoms with E-state index in [4.69, 9.17) is 0 Å². The van der Waals surface area contributed by atoms with Crippen LogP contribution in [0, 0.1) is 13.8 Å². The summed E-state index contributed by atoms with van der Waals surface area (Å²) in [7, 11) is 0. The number of hydrogen-bond acceptors (Lipinski definition) is 2. The Hall–Kier alpha value is -1.31. The Balaban J connectivity index is 2.92. The number of hydrogen-bond donors (Lipinski definition) is 1. The Morgan fingerprint density at radius 3 is 2.31 bits per heavy atom. The van der Waals surface area contributed by atoms with Gasteiger partial charge in [0, 0.05) is 6.42 Å². The van der Waals surface area contributed by atoms with E-state index in [-0.39, 0.29) is 0 Å². The number of carbonyl (C=O) groups is 1. The van der Waals surface area contributed by atoms with E-state index in [1.165, 1.54) is 0 Å². The van der Waals surface area contributed by atoms with Gasteiger partial charge >= 0.3 is 0 Å². The zero-order valence-corrected chi connectivity index (χ0v) is 8.00. The minimum Gasteiger partial charge on any atom is -0.507 e. The molecule has 1 aromatic rings. The molecule has 0 bridgehead atoms. The van der Waals surface area contributed by atoms with Crippen LogP contribution in [-0.4, -0.2) is 11.4 Å². The fourth-order valence-electron chi connectivity index (χ4n) is 1.42.